The summed E-state index contributed by atoms with van der Waals surface area (Å²) in [6.07, 6.45) is 10.4. The van der Waals surface area contributed by atoms with Crippen molar-refractivity contribution in [2.45, 2.75) is 51.6 Å². The highest BCUT2D eigenvalue weighted by atomic mass is 19.1. The molecule has 1 saturated carbocycles. The largest absolute Gasteiger partial charge is 0.367 e. The molecule has 0 saturated heterocycles. The number of rotatable bonds is 5. The standard InChI is InChI=1S/C22H24FN9/c1-12-6-18(27-11-26-12)30-14-4-3-5-15(7-14)31-22-19(23)13(2)29-21(32-22)17-9-25-20-16(17)8-24-10-28-20/h6,8-11,14-15H,3-5,7H2,1-2H3,(H,24,25,28)(H,26,27,30)(H,29,31,32)/t14-,15+/m0/s1. The molecule has 5 rings (SSSR count). The van der Waals surface area contributed by atoms with E-state index in [9.17, 15) is 4.39 Å². The Kier molecular flexibility index (Phi) is 5.34. The quantitative estimate of drug-likeness (QED) is 0.435. The summed E-state index contributed by atoms with van der Waals surface area (Å²) in [6.45, 7) is 3.59. The van der Waals surface area contributed by atoms with E-state index in [-0.39, 0.29) is 17.9 Å². The van der Waals surface area contributed by atoms with E-state index in [4.69, 9.17) is 0 Å². The van der Waals surface area contributed by atoms with Crippen molar-refractivity contribution in [3.63, 3.8) is 0 Å². The zero-order valence-electron chi connectivity index (χ0n) is 17.9. The molecule has 4 aromatic heterocycles. The van der Waals surface area contributed by atoms with Crippen molar-refractivity contribution >= 4 is 22.7 Å². The Morgan fingerprint density at radius 2 is 1.88 bits per heavy atom. The van der Waals surface area contributed by atoms with E-state index in [1.54, 1.807) is 25.6 Å². The van der Waals surface area contributed by atoms with Crippen LogP contribution in [-0.4, -0.2) is 47.0 Å². The molecule has 2 atom stereocenters. The number of nitrogens with one attached hydrogen (secondary N) is 3. The lowest BCUT2D eigenvalue weighted by Gasteiger charge is -2.31. The second-order valence-electron chi connectivity index (χ2n) is 8.18. The number of hydrogen-bond acceptors (Lipinski definition) is 8. The van der Waals surface area contributed by atoms with Crippen LogP contribution in [0.3, 0.4) is 0 Å². The first-order chi connectivity index (χ1) is 15.6. The van der Waals surface area contributed by atoms with Crippen molar-refractivity contribution in [1.29, 1.82) is 0 Å². The number of aromatic nitrogens is 7. The van der Waals surface area contributed by atoms with Crippen LogP contribution in [0, 0.1) is 19.7 Å². The third-order valence-corrected chi connectivity index (χ3v) is 5.78. The molecule has 1 fully saturated rings. The molecule has 0 unspecified atom stereocenters. The van der Waals surface area contributed by atoms with Crippen LogP contribution in [-0.2, 0) is 0 Å². The maximum atomic E-state index is 14.9. The normalized spacial score (nSPS) is 18.6. The van der Waals surface area contributed by atoms with Gasteiger partial charge in [0.2, 0.25) is 0 Å². The lowest BCUT2D eigenvalue weighted by Crippen LogP contribution is -2.35. The Bertz CT molecular complexity index is 1260. The van der Waals surface area contributed by atoms with Crippen LogP contribution in [0.5, 0.6) is 0 Å². The van der Waals surface area contributed by atoms with Gasteiger partial charge in [0, 0.05) is 47.2 Å². The van der Waals surface area contributed by atoms with Crippen LogP contribution in [0.25, 0.3) is 22.4 Å². The number of nitrogens with zero attached hydrogens (tertiary/aromatic N) is 6. The van der Waals surface area contributed by atoms with Crippen molar-refractivity contribution in [2.75, 3.05) is 10.6 Å². The van der Waals surface area contributed by atoms with Gasteiger partial charge in [-0.15, -0.1) is 0 Å². The van der Waals surface area contributed by atoms with E-state index < -0.39 is 5.82 Å². The average Bonchev–Trinajstić information content (AvgIpc) is 3.21. The lowest BCUT2D eigenvalue weighted by atomic mass is 9.91. The van der Waals surface area contributed by atoms with Crippen molar-refractivity contribution in [3.05, 3.63) is 48.3 Å². The number of hydrogen-bond donors (Lipinski definition) is 3. The van der Waals surface area contributed by atoms with E-state index in [0.29, 0.717) is 17.2 Å². The highest BCUT2D eigenvalue weighted by molar-refractivity contribution is 5.91. The third kappa shape index (κ3) is 4.08. The summed E-state index contributed by atoms with van der Waals surface area (Å²) in [6, 6.07) is 2.26. The SMILES string of the molecule is Cc1cc(N[C@H]2CCC[C@@H](Nc3nc(-c4c[nH]c5ncncc45)nc(C)c3F)C2)ncn1. The second kappa shape index (κ2) is 8.45. The first kappa shape index (κ1) is 20.2. The molecule has 10 heteroatoms. The van der Waals surface area contributed by atoms with E-state index in [1.807, 2.05) is 13.0 Å². The number of aryl methyl sites for hydroxylation is 2. The number of halogens is 1. The first-order valence-electron chi connectivity index (χ1n) is 10.7. The molecule has 1 aliphatic rings. The van der Waals surface area contributed by atoms with Crippen molar-refractivity contribution in [2.24, 2.45) is 0 Å². The fourth-order valence-corrected chi connectivity index (χ4v) is 4.21. The highest BCUT2D eigenvalue weighted by Crippen LogP contribution is 2.29. The Balaban J connectivity index is 1.36. The minimum absolute atomic E-state index is 0.0899. The number of H-pyrrole nitrogens is 1. The maximum Gasteiger partial charge on any atom is 0.186 e. The van der Waals surface area contributed by atoms with Crippen LogP contribution in [0.2, 0.25) is 0 Å². The van der Waals surface area contributed by atoms with Gasteiger partial charge in [-0.1, -0.05) is 0 Å². The smallest absolute Gasteiger partial charge is 0.186 e. The van der Waals surface area contributed by atoms with Crippen LogP contribution < -0.4 is 10.6 Å². The molecule has 9 nitrogen and oxygen atoms in total. The molecule has 164 valence electrons. The van der Waals surface area contributed by atoms with Crippen LogP contribution >= 0.6 is 0 Å². The van der Waals surface area contributed by atoms with Gasteiger partial charge in [0.1, 0.15) is 24.1 Å². The molecule has 0 aromatic carbocycles. The fourth-order valence-electron chi connectivity index (χ4n) is 4.21. The van der Waals surface area contributed by atoms with Gasteiger partial charge in [-0.3, -0.25) is 0 Å². The van der Waals surface area contributed by atoms with E-state index in [2.05, 4.69) is 45.5 Å². The van der Waals surface area contributed by atoms with Gasteiger partial charge in [-0.2, -0.15) is 0 Å². The second-order valence-corrected chi connectivity index (χ2v) is 8.18. The highest BCUT2D eigenvalue weighted by Gasteiger charge is 2.25. The topological polar surface area (TPSA) is 117 Å². The maximum absolute atomic E-state index is 14.9. The van der Waals surface area contributed by atoms with E-state index in [0.717, 1.165) is 48.1 Å². The zero-order chi connectivity index (χ0) is 22.1. The minimum Gasteiger partial charge on any atom is -0.367 e. The van der Waals surface area contributed by atoms with Gasteiger partial charge >= 0.3 is 0 Å². The van der Waals surface area contributed by atoms with Crippen molar-refractivity contribution in [1.82, 2.24) is 34.9 Å². The summed E-state index contributed by atoms with van der Waals surface area (Å²) in [4.78, 5) is 28.7. The molecular weight excluding hydrogens is 409 g/mol. The van der Waals surface area contributed by atoms with Gasteiger partial charge in [0.05, 0.1) is 5.69 Å². The molecule has 0 spiro atoms. The van der Waals surface area contributed by atoms with Gasteiger partial charge in [0.15, 0.2) is 17.5 Å². The summed E-state index contributed by atoms with van der Waals surface area (Å²) in [5.41, 5.74) is 2.65. The Hall–Kier alpha value is -3.69. The van der Waals surface area contributed by atoms with Crippen LogP contribution in [0.15, 0.2) is 31.1 Å². The number of anilines is 2. The Labute approximate surface area is 184 Å². The molecule has 4 aromatic rings. The number of fused-ring (bicyclic) bond motifs is 1. The summed E-state index contributed by atoms with van der Waals surface area (Å²) >= 11 is 0. The monoisotopic (exact) mass is 433 g/mol. The zero-order valence-corrected chi connectivity index (χ0v) is 17.9. The predicted octanol–water partition coefficient (Wildman–Crippen LogP) is 3.80. The van der Waals surface area contributed by atoms with Crippen LogP contribution in [0.4, 0.5) is 16.0 Å². The molecule has 0 aliphatic heterocycles. The summed E-state index contributed by atoms with van der Waals surface area (Å²) in [5.74, 6) is 1.05. The summed E-state index contributed by atoms with van der Waals surface area (Å²) < 4.78 is 14.9. The third-order valence-electron chi connectivity index (χ3n) is 5.78. The molecule has 0 bridgehead atoms. The van der Waals surface area contributed by atoms with Gasteiger partial charge in [-0.25, -0.2) is 34.3 Å². The van der Waals surface area contributed by atoms with Crippen molar-refractivity contribution < 1.29 is 4.39 Å². The van der Waals surface area contributed by atoms with Crippen molar-refractivity contribution in [3.8, 4) is 11.4 Å². The molecule has 4 heterocycles. The minimum atomic E-state index is -0.425. The number of aromatic amines is 1. The molecule has 0 radical (unpaired) electrons. The van der Waals surface area contributed by atoms with Gasteiger partial charge in [-0.05, 0) is 39.5 Å². The van der Waals surface area contributed by atoms with Gasteiger partial charge < -0.3 is 15.6 Å². The predicted molar refractivity (Wildman–Crippen MR) is 120 cm³/mol. The molecule has 0 amide bonds. The van der Waals surface area contributed by atoms with E-state index in [1.165, 1.54) is 6.33 Å². The Morgan fingerprint density at radius 3 is 2.72 bits per heavy atom. The summed E-state index contributed by atoms with van der Waals surface area (Å²) in [5, 5.41) is 7.61. The summed E-state index contributed by atoms with van der Waals surface area (Å²) in [7, 11) is 0. The van der Waals surface area contributed by atoms with E-state index >= 15 is 0 Å². The van der Waals surface area contributed by atoms with Gasteiger partial charge in [0.25, 0.3) is 0 Å². The fraction of sp³-hybridized carbons (Fsp3) is 0.364. The molecular formula is C22H24FN9. The van der Waals surface area contributed by atoms with Crippen LogP contribution in [0.1, 0.15) is 37.1 Å². The molecule has 3 N–H and O–H groups in total. The average molecular weight is 433 g/mol. The lowest BCUT2D eigenvalue weighted by molar-refractivity contribution is 0.424. The molecule has 1 aliphatic carbocycles. The Morgan fingerprint density at radius 1 is 1.03 bits per heavy atom. The first-order valence-corrected chi connectivity index (χ1v) is 10.7. The molecule has 32 heavy (non-hydrogen) atoms.